The number of ether oxygens (including phenoxy) is 2. The first-order valence-electron chi connectivity index (χ1n) is 12.2. The van der Waals surface area contributed by atoms with Crippen LogP contribution in [0.25, 0.3) is 33.2 Å². The number of aryl methyl sites for hydroxylation is 1. The Hall–Kier alpha value is -3.94. The Bertz CT molecular complexity index is 1640. The van der Waals surface area contributed by atoms with Crippen molar-refractivity contribution >= 4 is 33.2 Å². The Morgan fingerprint density at radius 2 is 1.69 bits per heavy atom. The Labute approximate surface area is 202 Å². The van der Waals surface area contributed by atoms with E-state index < -0.39 is 0 Å². The first kappa shape index (κ1) is 21.6. The quantitative estimate of drug-likeness (QED) is 0.313. The second kappa shape index (κ2) is 8.69. The summed E-state index contributed by atoms with van der Waals surface area (Å²) in [7, 11) is 0. The maximum Gasteiger partial charge on any atom is 0.265 e. The number of unbranched alkanes of at least 4 members (excludes halogenated alkanes) is 3. The minimum Gasteiger partial charge on any atom is -0.454 e. The fourth-order valence-corrected chi connectivity index (χ4v) is 4.83. The number of hydrogen-bond donors (Lipinski definition) is 0. The highest BCUT2D eigenvalue weighted by molar-refractivity contribution is 6.04. The summed E-state index contributed by atoms with van der Waals surface area (Å²) >= 11 is 0. The van der Waals surface area contributed by atoms with Gasteiger partial charge in [-0.1, -0.05) is 44.4 Å². The summed E-state index contributed by atoms with van der Waals surface area (Å²) in [6, 6.07) is 13.6. The Morgan fingerprint density at radius 1 is 0.886 bits per heavy atom. The molecule has 4 heterocycles. The Balaban J connectivity index is 1.56. The molecule has 5 aromatic rings. The van der Waals surface area contributed by atoms with Gasteiger partial charge in [0.25, 0.3) is 5.56 Å². The molecule has 178 valence electrons. The minimum atomic E-state index is -0.0528. The molecule has 0 bridgehead atoms. The monoisotopic (exact) mass is 469 g/mol. The summed E-state index contributed by atoms with van der Waals surface area (Å²) in [4.78, 5) is 28.5. The lowest BCUT2D eigenvalue weighted by molar-refractivity contribution is 0.174. The average molecular weight is 470 g/mol. The summed E-state index contributed by atoms with van der Waals surface area (Å²) in [5, 5.41) is 0.528. The SMILES string of the molecule is CCCCCCn1c(C)nc2c(c1=O)c1nc3ccccc3nc1n2Cc1ccc2c(c1)OCO2. The van der Waals surface area contributed by atoms with Crippen LogP contribution in [0, 0.1) is 6.92 Å². The summed E-state index contributed by atoms with van der Waals surface area (Å²) < 4.78 is 14.8. The third-order valence-corrected chi connectivity index (χ3v) is 6.65. The highest BCUT2D eigenvalue weighted by atomic mass is 16.7. The van der Waals surface area contributed by atoms with Gasteiger partial charge in [0, 0.05) is 6.54 Å². The zero-order chi connectivity index (χ0) is 23.9. The number of rotatable bonds is 7. The lowest BCUT2D eigenvalue weighted by Crippen LogP contribution is -2.24. The largest absolute Gasteiger partial charge is 0.454 e. The van der Waals surface area contributed by atoms with Crippen LogP contribution >= 0.6 is 0 Å². The fourth-order valence-electron chi connectivity index (χ4n) is 4.83. The van der Waals surface area contributed by atoms with E-state index in [0.717, 1.165) is 53.8 Å². The van der Waals surface area contributed by atoms with Crippen LogP contribution in [0.5, 0.6) is 11.5 Å². The molecule has 0 spiro atoms. The molecule has 0 N–H and O–H groups in total. The van der Waals surface area contributed by atoms with Crippen LogP contribution in [0.2, 0.25) is 0 Å². The van der Waals surface area contributed by atoms with Crippen molar-refractivity contribution in [1.29, 1.82) is 0 Å². The zero-order valence-corrected chi connectivity index (χ0v) is 20.0. The number of benzene rings is 2. The summed E-state index contributed by atoms with van der Waals surface area (Å²) in [6.45, 7) is 5.45. The molecule has 1 aliphatic heterocycles. The van der Waals surface area contributed by atoms with Gasteiger partial charge in [-0.3, -0.25) is 9.36 Å². The van der Waals surface area contributed by atoms with E-state index in [2.05, 4.69) is 6.92 Å². The van der Waals surface area contributed by atoms with E-state index >= 15 is 0 Å². The fraction of sp³-hybridized carbons (Fsp3) is 0.333. The van der Waals surface area contributed by atoms with Crippen molar-refractivity contribution in [2.24, 2.45) is 0 Å². The van der Waals surface area contributed by atoms with Crippen LogP contribution < -0.4 is 15.0 Å². The first-order valence-corrected chi connectivity index (χ1v) is 12.2. The Morgan fingerprint density at radius 3 is 2.51 bits per heavy atom. The molecule has 0 atom stereocenters. The predicted octanol–water partition coefficient (Wildman–Crippen LogP) is 4.96. The molecule has 0 saturated carbocycles. The van der Waals surface area contributed by atoms with Crippen LogP contribution in [0.4, 0.5) is 0 Å². The molecule has 0 aliphatic carbocycles. The molecule has 0 saturated heterocycles. The third kappa shape index (κ3) is 3.69. The summed E-state index contributed by atoms with van der Waals surface area (Å²) in [6.07, 6.45) is 4.36. The van der Waals surface area contributed by atoms with Crippen molar-refractivity contribution in [2.45, 2.75) is 52.6 Å². The average Bonchev–Trinajstić information content (AvgIpc) is 3.44. The topological polar surface area (TPSA) is 84.1 Å². The van der Waals surface area contributed by atoms with Crippen LogP contribution in [0.3, 0.4) is 0 Å². The van der Waals surface area contributed by atoms with Gasteiger partial charge < -0.3 is 14.0 Å². The van der Waals surface area contributed by atoms with Gasteiger partial charge in [0.2, 0.25) is 6.79 Å². The standard InChI is InChI=1S/C27H27N5O3/c1-3-4-5-8-13-31-17(2)28-25-23(27(31)33)24-26(30-20-10-7-6-9-19(20)29-24)32(25)15-18-11-12-21-22(14-18)35-16-34-21/h6-7,9-12,14H,3-5,8,13,15-16H2,1-2H3. The normalized spacial score (nSPS) is 12.9. The predicted molar refractivity (Wildman–Crippen MR) is 135 cm³/mol. The molecule has 6 rings (SSSR count). The van der Waals surface area contributed by atoms with E-state index in [4.69, 9.17) is 24.4 Å². The second-order valence-corrected chi connectivity index (χ2v) is 9.03. The van der Waals surface area contributed by atoms with E-state index in [1.54, 1.807) is 4.57 Å². The van der Waals surface area contributed by atoms with E-state index in [9.17, 15) is 4.79 Å². The van der Waals surface area contributed by atoms with Crippen LogP contribution in [0.1, 0.15) is 44.0 Å². The molecule has 0 radical (unpaired) electrons. The van der Waals surface area contributed by atoms with Gasteiger partial charge in [0.15, 0.2) is 22.8 Å². The van der Waals surface area contributed by atoms with Crippen LogP contribution in [-0.2, 0) is 13.1 Å². The van der Waals surface area contributed by atoms with E-state index in [-0.39, 0.29) is 12.4 Å². The maximum atomic E-state index is 13.8. The second-order valence-electron chi connectivity index (χ2n) is 9.03. The van der Waals surface area contributed by atoms with Gasteiger partial charge in [-0.2, -0.15) is 0 Å². The maximum absolute atomic E-state index is 13.8. The van der Waals surface area contributed by atoms with Crippen molar-refractivity contribution in [2.75, 3.05) is 6.79 Å². The van der Waals surface area contributed by atoms with Gasteiger partial charge in [-0.15, -0.1) is 0 Å². The highest BCUT2D eigenvalue weighted by Gasteiger charge is 2.22. The molecule has 8 heteroatoms. The van der Waals surface area contributed by atoms with Crippen molar-refractivity contribution in [1.82, 2.24) is 24.1 Å². The lowest BCUT2D eigenvalue weighted by atomic mass is 10.2. The summed E-state index contributed by atoms with van der Waals surface area (Å²) in [5.41, 5.74) is 4.36. The molecule has 0 fully saturated rings. The molecule has 35 heavy (non-hydrogen) atoms. The van der Waals surface area contributed by atoms with E-state index in [1.165, 1.54) is 0 Å². The lowest BCUT2D eigenvalue weighted by Gasteiger charge is -2.11. The molecule has 0 unspecified atom stereocenters. The van der Waals surface area contributed by atoms with Gasteiger partial charge in [0.1, 0.15) is 16.7 Å². The number of nitrogens with zero attached hydrogens (tertiary/aromatic N) is 5. The van der Waals surface area contributed by atoms with Gasteiger partial charge in [0.05, 0.1) is 17.6 Å². The molecular formula is C27H27N5O3. The molecule has 2 aromatic carbocycles. The molecule has 0 amide bonds. The third-order valence-electron chi connectivity index (χ3n) is 6.65. The van der Waals surface area contributed by atoms with Crippen LogP contribution in [-0.4, -0.2) is 30.9 Å². The molecule has 1 aliphatic rings. The molecule has 3 aromatic heterocycles. The van der Waals surface area contributed by atoms with Gasteiger partial charge >= 0.3 is 0 Å². The van der Waals surface area contributed by atoms with Gasteiger partial charge in [-0.25, -0.2) is 15.0 Å². The summed E-state index contributed by atoms with van der Waals surface area (Å²) in [5.74, 6) is 2.17. The zero-order valence-electron chi connectivity index (χ0n) is 20.0. The Kier molecular flexibility index (Phi) is 5.36. The first-order chi connectivity index (χ1) is 17.1. The number of hydrogen-bond acceptors (Lipinski definition) is 6. The molecule has 8 nitrogen and oxygen atoms in total. The van der Waals surface area contributed by atoms with E-state index in [0.29, 0.717) is 41.1 Å². The highest BCUT2D eigenvalue weighted by Crippen LogP contribution is 2.34. The van der Waals surface area contributed by atoms with Gasteiger partial charge in [-0.05, 0) is 43.2 Å². The molecular weight excluding hydrogens is 442 g/mol. The minimum absolute atomic E-state index is 0.0528. The van der Waals surface area contributed by atoms with Crippen molar-refractivity contribution in [3.05, 3.63) is 64.2 Å². The van der Waals surface area contributed by atoms with Crippen molar-refractivity contribution < 1.29 is 9.47 Å². The number of fused-ring (bicyclic) bond motifs is 5. The van der Waals surface area contributed by atoms with Crippen LogP contribution in [0.15, 0.2) is 47.3 Å². The van der Waals surface area contributed by atoms with Crippen molar-refractivity contribution in [3.63, 3.8) is 0 Å². The van der Waals surface area contributed by atoms with Crippen molar-refractivity contribution in [3.8, 4) is 11.5 Å². The van der Waals surface area contributed by atoms with E-state index in [1.807, 2.05) is 54.0 Å². The number of para-hydroxylation sites is 2. The smallest absolute Gasteiger partial charge is 0.265 e. The number of aromatic nitrogens is 5.